The van der Waals surface area contributed by atoms with Crippen LogP contribution >= 0.6 is 0 Å². The first-order valence-electron chi connectivity index (χ1n) is 8.65. The van der Waals surface area contributed by atoms with Gasteiger partial charge in [0.25, 0.3) is 0 Å². The number of hydrogen-bond donors (Lipinski definition) is 1. The molecule has 0 saturated carbocycles. The zero-order valence-electron chi connectivity index (χ0n) is 14.5. The van der Waals surface area contributed by atoms with E-state index in [0.29, 0.717) is 16.9 Å². The predicted octanol–water partition coefficient (Wildman–Crippen LogP) is 5.12. The third kappa shape index (κ3) is 3.90. The van der Waals surface area contributed by atoms with Gasteiger partial charge in [0.2, 0.25) is 0 Å². The molecule has 0 aliphatic heterocycles. The quantitative estimate of drug-likeness (QED) is 0.507. The van der Waals surface area contributed by atoms with E-state index < -0.39 is 0 Å². The third-order valence-corrected chi connectivity index (χ3v) is 4.17. The lowest BCUT2D eigenvalue weighted by Gasteiger charge is -2.08. The topological polar surface area (TPSA) is 54.9 Å². The standard InChI is InChI=1S/C23H17N3O/c27-23(18-10-5-2-6-11-18)19-12-7-13-20(16-19)24-22-15-14-21(25-26-22)17-8-3-1-4-9-17/h1-16H,(H,24,26). The van der Waals surface area contributed by atoms with Crippen molar-refractivity contribution in [2.75, 3.05) is 5.32 Å². The SMILES string of the molecule is O=C(c1ccccc1)c1cccc(Nc2ccc(-c3ccccc3)nn2)c1. The number of rotatable bonds is 5. The zero-order valence-corrected chi connectivity index (χ0v) is 14.5. The van der Waals surface area contributed by atoms with E-state index in [1.807, 2.05) is 97.1 Å². The summed E-state index contributed by atoms with van der Waals surface area (Å²) in [5, 5.41) is 11.7. The Labute approximate surface area is 157 Å². The van der Waals surface area contributed by atoms with Crippen molar-refractivity contribution in [3.8, 4) is 11.3 Å². The highest BCUT2D eigenvalue weighted by molar-refractivity contribution is 6.09. The number of nitrogens with zero attached hydrogens (tertiary/aromatic N) is 2. The largest absolute Gasteiger partial charge is 0.339 e. The van der Waals surface area contributed by atoms with Gasteiger partial charge in [0.1, 0.15) is 0 Å². The molecule has 0 spiro atoms. The molecule has 4 rings (SSSR count). The number of hydrogen-bond acceptors (Lipinski definition) is 4. The van der Waals surface area contributed by atoms with Crippen molar-refractivity contribution < 1.29 is 4.79 Å². The van der Waals surface area contributed by atoms with E-state index in [1.54, 1.807) is 0 Å². The number of carbonyl (C=O) groups is 1. The van der Waals surface area contributed by atoms with Crippen LogP contribution in [-0.2, 0) is 0 Å². The van der Waals surface area contributed by atoms with Gasteiger partial charge in [0, 0.05) is 22.4 Å². The fourth-order valence-electron chi connectivity index (χ4n) is 2.80. The molecule has 4 heteroatoms. The van der Waals surface area contributed by atoms with Gasteiger partial charge in [-0.1, -0.05) is 72.8 Å². The van der Waals surface area contributed by atoms with Crippen LogP contribution in [0.2, 0.25) is 0 Å². The highest BCUT2D eigenvalue weighted by Gasteiger charge is 2.09. The summed E-state index contributed by atoms with van der Waals surface area (Å²) in [4.78, 5) is 12.6. The van der Waals surface area contributed by atoms with Crippen molar-refractivity contribution in [2.24, 2.45) is 0 Å². The lowest BCUT2D eigenvalue weighted by Crippen LogP contribution is -2.02. The normalized spacial score (nSPS) is 10.4. The smallest absolute Gasteiger partial charge is 0.193 e. The van der Waals surface area contributed by atoms with E-state index in [2.05, 4.69) is 15.5 Å². The first-order chi connectivity index (χ1) is 13.3. The van der Waals surface area contributed by atoms with Gasteiger partial charge in [-0.05, 0) is 24.3 Å². The molecule has 0 amide bonds. The lowest BCUT2D eigenvalue weighted by molar-refractivity contribution is 0.103. The van der Waals surface area contributed by atoms with E-state index in [0.717, 1.165) is 16.9 Å². The van der Waals surface area contributed by atoms with Crippen molar-refractivity contribution in [2.45, 2.75) is 0 Å². The molecular weight excluding hydrogens is 334 g/mol. The molecule has 27 heavy (non-hydrogen) atoms. The Balaban J connectivity index is 1.52. The molecule has 4 nitrogen and oxygen atoms in total. The monoisotopic (exact) mass is 351 g/mol. The summed E-state index contributed by atoms with van der Waals surface area (Å²) in [6.07, 6.45) is 0. The van der Waals surface area contributed by atoms with Gasteiger partial charge in [0.15, 0.2) is 11.6 Å². The molecule has 3 aromatic carbocycles. The Kier molecular flexibility index (Phi) is 4.70. The van der Waals surface area contributed by atoms with Crippen molar-refractivity contribution >= 4 is 17.3 Å². The molecule has 0 unspecified atom stereocenters. The summed E-state index contributed by atoms with van der Waals surface area (Å²) in [5.41, 5.74) is 3.92. The van der Waals surface area contributed by atoms with Crippen LogP contribution in [0.1, 0.15) is 15.9 Å². The number of nitrogens with one attached hydrogen (secondary N) is 1. The molecule has 0 radical (unpaired) electrons. The number of ketones is 1. The molecule has 0 bridgehead atoms. The van der Waals surface area contributed by atoms with E-state index in [-0.39, 0.29) is 5.78 Å². The molecule has 0 saturated heterocycles. The second-order valence-electron chi connectivity index (χ2n) is 6.07. The summed E-state index contributed by atoms with van der Waals surface area (Å²) < 4.78 is 0. The molecule has 0 aliphatic rings. The highest BCUT2D eigenvalue weighted by Crippen LogP contribution is 2.20. The van der Waals surface area contributed by atoms with Gasteiger partial charge >= 0.3 is 0 Å². The van der Waals surface area contributed by atoms with Gasteiger partial charge in [-0.3, -0.25) is 4.79 Å². The van der Waals surface area contributed by atoms with Crippen molar-refractivity contribution in [3.05, 3.63) is 108 Å². The van der Waals surface area contributed by atoms with Crippen LogP contribution in [0.15, 0.2) is 97.1 Å². The molecule has 0 aliphatic carbocycles. The summed E-state index contributed by atoms with van der Waals surface area (Å²) in [7, 11) is 0. The van der Waals surface area contributed by atoms with Gasteiger partial charge in [-0.15, -0.1) is 10.2 Å². The zero-order chi connectivity index (χ0) is 18.5. The molecule has 0 atom stereocenters. The van der Waals surface area contributed by atoms with E-state index in [9.17, 15) is 4.79 Å². The maximum atomic E-state index is 12.6. The maximum Gasteiger partial charge on any atom is 0.193 e. The predicted molar refractivity (Wildman–Crippen MR) is 107 cm³/mol. The van der Waals surface area contributed by atoms with Crippen LogP contribution in [0.25, 0.3) is 11.3 Å². The van der Waals surface area contributed by atoms with Crippen LogP contribution in [0.3, 0.4) is 0 Å². The Hall–Kier alpha value is -3.79. The average Bonchev–Trinajstić information content (AvgIpc) is 2.75. The molecule has 130 valence electrons. The molecule has 1 aromatic heterocycles. The second-order valence-corrected chi connectivity index (χ2v) is 6.07. The molecule has 1 N–H and O–H groups in total. The molecule has 1 heterocycles. The van der Waals surface area contributed by atoms with Crippen LogP contribution in [0, 0.1) is 0 Å². The second kappa shape index (κ2) is 7.62. The summed E-state index contributed by atoms with van der Waals surface area (Å²) >= 11 is 0. The average molecular weight is 351 g/mol. The fraction of sp³-hybridized carbons (Fsp3) is 0. The Morgan fingerprint density at radius 1 is 0.667 bits per heavy atom. The highest BCUT2D eigenvalue weighted by atomic mass is 16.1. The van der Waals surface area contributed by atoms with Crippen molar-refractivity contribution in [1.29, 1.82) is 0 Å². The Morgan fingerprint density at radius 3 is 2.07 bits per heavy atom. The number of anilines is 2. The van der Waals surface area contributed by atoms with Crippen LogP contribution in [0.5, 0.6) is 0 Å². The van der Waals surface area contributed by atoms with E-state index in [1.165, 1.54) is 0 Å². The molecule has 4 aromatic rings. The fourth-order valence-corrected chi connectivity index (χ4v) is 2.80. The van der Waals surface area contributed by atoms with Gasteiger partial charge in [-0.2, -0.15) is 0 Å². The Morgan fingerprint density at radius 2 is 1.37 bits per heavy atom. The summed E-state index contributed by atoms with van der Waals surface area (Å²) in [5.74, 6) is 0.615. The minimum Gasteiger partial charge on any atom is -0.339 e. The van der Waals surface area contributed by atoms with E-state index in [4.69, 9.17) is 0 Å². The van der Waals surface area contributed by atoms with Crippen LogP contribution in [0.4, 0.5) is 11.5 Å². The van der Waals surface area contributed by atoms with Crippen molar-refractivity contribution in [1.82, 2.24) is 10.2 Å². The van der Waals surface area contributed by atoms with E-state index >= 15 is 0 Å². The molecule has 0 fully saturated rings. The van der Waals surface area contributed by atoms with Gasteiger partial charge in [-0.25, -0.2) is 0 Å². The summed E-state index contributed by atoms with van der Waals surface area (Å²) in [6.45, 7) is 0. The maximum absolute atomic E-state index is 12.6. The number of benzene rings is 3. The Bertz CT molecular complexity index is 1050. The summed E-state index contributed by atoms with van der Waals surface area (Å²) in [6, 6.07) is 30.3. The number of aromatic nitrogens is 2. The van der Waals surface area contributed by atoms with Crippen molar-refractivity contribution in [3.63, 3.8) is 0 Å². The van der Waals surface area contributed by atoms with Crippen LogP contribution < -0.4 is 5.32 Å². The first kappa shape index (κ1) is 16.7. The minimum atomic E-state index is -0.00948. The number of carbonyl (C=O) groups excluding carboxylic acids is 1. The minimum absolute atomic E-state index is 0.00948. The van der Waals surface area contributed by atoms with Gasteiger partial charge in [0.05, 0.1) is 5.69 Å². The van der Waals surface area contributed by atoms with Gasteiger partial charge < -0.3 is 5.32 Å². The van der Waals surface area contributed by atoms with Crippen LogP contribution in [-0.4, -0.2) is 16.0 Å². The lowest BCUT2D eigenvalue weighted by atomic mass is 10.0. The molecular formula is C23H17N3O. The third-order valence-electron chi connectivity index (χ3n) is 4.17. The first-order valence-corrected chi connectivity index (χ1v) is 8.65.